The fourth-order valence-corrected chi connectivity index (χ4v) is 1.14. The SMILES string of the molecule is CCC(C)CNc1ccc([N+](=O)[O-])c(N)n1. The molecule has 1 unspecified atom stereocenters. The predicted molar refractivity (Wildman–Crippen MR) is 63.2 cm³/mol. The van der Waals surface area contributed by atoms with Gasteiger partial charge in [-0.1, -0.05) is 20.3 Å². The first-order valence-corrected chi connectivity index (χ1v) is 5.19. The standard InChI is InChI=1S/C10H16N4O2/c1-3-7(2)6-12-9-5-4-8(14(15)16)10(11)13-9/h4-5,7H,3,6H2,1-2H3,(H3,11,12,13). The average Bonchev–Trinajstić information content (AvgIpc) is 2.25. The summed E-state index contributed by atoms with van der Waals surface area (Å²) < 4.78 is 0. The van der Waals surface area contributed by atoms with E-state index in [0.717, 1.165) is 13.0 Å². The van der Waals surface area contributed by atoms with Crippen LogP contribution in [0.5, 0.6) is 0 Å². The van der Waals surface area contributed by atoms with Gasteiger partial charge in [-0.3, -0.25) is 10.1 Å². The lowest BCUT2D eigenvalue weighted by Gasteiger charge is -2.10. The molecule has 0 aliphatic carbocycles. The Balaban J connectivity index is 2.70. The zero-order chi connectivity index (χ0) is 12.1. The molecule has 6 nitrogen and oxygen atoms in total. The maximum Gasteiger partial charge on any atom is 0.311 e. The van der Waals surface area contributed by atoms with Gasteiger partial charge in [0, 0.05) is 12.6 Å². The number of nitrogen functional groups attached to an aromatic ring is 1. The number of nitrogens with one attached hydrogen (secondary N) is 1. The van der Waals surface area contributed by atoms with Gasteiger partial charge in [0.2, 0.25) is 5.82 Å². The molecule has 88 valence electrons. The molecule has 0 saturated carbocycles. The van der Waals surface area contributed by atoms with Gasteiger partial charge in [0.1, 0.15) is 5.82 Å². The van der Waals surface area contributed by atoms with Crippen molar-refractivity contribution in [3.05, 3.63) is 22.2 Å². The van der Waals surface area contributed by atoms with Crippen molar-refractivity contribution in [2.75, 3.05) is 17.6 Å². The molecule has 0 radical (unpaired) electrons. The number of aromatic nitrogens is 1. The lowest BCUT2D eigenvalue weighted by molar-refractivity contribution is -0.384. The largest absolute Gasteiger partial charge is 0.378 e. The number of anilines is 2. The summed E-state index contributed by atoms with van der Waals surface area (Å²) in [6.45, 7) is 4.99. The van der Waals surface area contributed by atoms with E-state index in [9.17, 15) is 10.1 Å². The molecule has 0 aromatic carbocycles. The molecular weight excluding hydrogens is 208 g/mol. The van der Waals surface area contributed by atoms with Crippen LogP contribution < -0.4 is 11.1 Å². The van der Waals surface area contributed by atoms with Crippen LogP contribution in [-0.2, 0) is 0 Å². The molecule has 16 heavy (non-hydrogen) atoms. The highest BCUT2D eigenvalue weighted by Gasteiger charge is 2.12. The zero-order valence-corrected chi connectivity index (χ0v) is 9.43. The molecule has 1 aromatic rings. The van der Waals surface area contributed by atoms with E-state index in [2.05, 4.69) is 24.1 Å². The van der Waals surface area contributed by atoms with Crippen LogP contribution in [-0.4, -0.2) is 16.5 Å². The van der Waals surface area contributed by atoms with Gasteiger partial charge < -0.3 is 11.1 Å². The highest BCUT2D eigenvalue weighted by atomic mass is 16.6. The number of nitrogens with zero attached hydrogens (tertiary/aromatic N) is 2. The fraction of sp³-hybridized carbons (Fsp3) is 0.500. The summed E-state index contributed by atoms with van der Waals surface area (Å²) >= 11 is 0. The van der Waals surface area contributed by atoms with Gasteiger partial charge >= 0.3 is 5.69 Å². The zero-order valence-electron chi connectivity index (χ0n) is 9.43. The van der Waals surface area contributed by atoms with Crippen molar-refractivity contribution < 1.29 is 4.92 Å². The first-order chi connectivity index (χ1) is 7.54. The molecule has 0 amide bonds. The summed E-state index contributed by atoms with van der Waals surface area (Å²) in [5.41, 5.74) is 5.31. The van der Waals surface area contributed by atoms with Crippen LogP contribution in [0, 0.1) is 16.0 Å². The maximum absolute atomic E-state index is 10.5. The monoisotopic (exact) mass is 224 g/mol. The third kappa shape index (κ3) is 3.08. The Morgan fingerprint density at radius 2 is 2.31 bits per heavy atom. The van der Waals surface area contributed by atoms with E-state index >= 15 is 0 Å². The van der Waals surface area contributed by atoms with E-state index in [4.69, 9.17) is 5.73 Å². The van der Waals surface area contributed by atoms with Crippen LogP contribution in [0.2, 0.25) is 0 Å². The summed E-state index contributed by atoms with van der Waals surface area (Å²) in [7, 11) is 0. The molecule has 3 N–H and O–H groups in total. The summed E-state index contributed by atoms with van der Waals surface area (Å²) in [5.74, 6) is 1.04. The van der Waals surface area contributed by atoms with Crippen molar-refractivity contribution in [1.29, 1.82) is 0 Å². The molecule has 1 heterocycles. The van der Waals surface area contributed by atoms with E-state index < -0.39 is 4.92 Å². The minimum absolute atomic E-state index is 0.0563. The minimum atomic E-state index is -0.541. The smallest absolute Gasteiger partial charge is 0.311 e. The van der Waals surface area contributed by atoms with Gasteiger partial charge in [-0.15, -0.1) is 0 Å². The Bertz CT molecular complexity index is 381. The molecule has 1 aromatic heterocycles. The second-order valence-corrected chi connectivity index (χ2v) is 3.75. The molecule has 0 bridgehead atoms. The number of rotatable bonds is 5. The third-order valence-electron chi connectivity index (χ3n) is 2.43. The number of nitrogens with two attached hydrogens (primary N) is 1. The second kappa shape index (κ2) is 5.29. The number of hydrogen-bond acceptors (Lipinski definition) is 5. The quantitative estimate of drug-likeness (QED) is 0.589. The van der Waals surface area contributed by atoms with E-state index in [1.54, 1.807) is 6.07 Å². The van der Waals surface area contributed by atoms with Gasteiger partial charge in [-0.25, -0.2) is 4.98 Å². The second-order valence-electron chi connectivity index (χ2n) is 3.75. The average molecular weight is 224 g/mol. The van der Waals surface area contributed by atoms with E-state index in [1.165, 1.54) is 6.07 Å². The summed E-state index contributed by atoms with van der Waals surface area (Å²) in [6, 6.07) is 2.93. The van der Waals surface area contributed by atoms with Crippen molar-refractivity contribution in [2.45, 2.75) is 20.3 Å². The third-order valence-corrected chi connectivity index (χ3v) is 2.43. The van der Waals surface area contributed by atoms with Crippen molar-refractivity contribution in [2.24, 2.45) is 5.92 Å². The lowest BCUT2D eigenvalue weighted by Crippen LogP contribution is -2.12. The van der Waals surface area contributed by atoms with Crippen LogP contribution in [0.15, 0.2) is 12.1 Å². The molecule has 0 aliphatic heterocycles. The Morgan fingerprint density at radius 1 is 1.62 bits per heavy atom. The molecule has 0 spiro atoms. The number of pyridine rings is 1. The van der Waals surface area contributed by atoms with E-state index in [0.29, 0.717) is 11.7 Å². The Hall–Kier alpha value is -1.85. The molecular formula is C10H16N4O2. The molecule has 0 saturated heterocycles. The van der Waals surface area contributed by atoms with Crippen molar-refractivity contribution >= 4 is 17.3 Å². The van der Waals surface area contributed by atoms with E-state index in [-0.39, 0.29) is 11.5 Å². The first-order valence-electron chi connectivity index (χ1n) is 5.19. The van der Waals surface area contributed by atoms with Crippen LogP contribution in [0.1, 0.15) is 20.3 Å². The highest BCUT2D eigenvalue weighted by molar-refractivity contribution is 5.57. The summed E-state index contributed by atoms with van der Waals surface area (Å²) in [5, 5.41) is 13.6. The topological polar surface area (TPSA) is 94.1 Å². The van der Waals surface area contributed by atoms with Crippen LogP contribution in [0.4, 0.5) is 17.3 Å². The molecule has 1 rings (SSSR count). The van der Waals surface area contributed by atoms with Gasteiger partial charge in [-0.2, -0.15) is 0 Å². The first kappa shape index (κ1) is 12.2. The van der Waals surface area contributed by atoms with Gasteiger partial charge in [0.25, 0.3) is 0 Å². The van der Waals surface area contributed by atoms with Gasteiger partial charge in [0.05, 0.1) is 4.92 Å². The normalized spacial score (nSPS) is 12.1. The van der Waals surface area contributed by atoms with Gasteiger partial charge in [0.15, 0.2) is 0 Å². The Labute approximate surface area is 94.0 Å². The molecule has 1 atom stereocenters. The molecule has 6 heteroatoms. The molecule has 0 aliphatic rings. The minimum Gasteiger partial charge on any atom is -0.378 e. The van der Waals surface area contributed by atoms with Gasteiger partial charge in [-0.05, 0) is 12.0 Å². The van der Waals surface area contributed by atoms with Crippen molar-refractivity contribution in [3.63, 3.8) is 0 Å². The highest BCUT2D eigenvalue weighted by Crippen LogP contribution is 2.20. The summed E-state index contributed by atoms with van der Waals surface area (Å²) in [6.07, 6.45) is 1.06. The fourth-order valence-electron chi connectivity index (χ4n) is 1.14. The molecule has 0 fully saturated rings. The van der Waals surface area contributed by atoms with Crippen LogP contribution in [0.3, 0.4) is 0 Å². The Kier molecular flexibility index (Phi) is 4.04. The van der Waals surface area contributed by atoms with Crippen molar-refractivity contribution in [3.8, 4) is 0 Å². The van der Waals surface area contributed by atoms with Crippen LogP contribution >= 0.6 is 0 Å². The summed E-state index contributed by atoms with van der Waals surface area (Å²) in [4.78, 5) is 13.9. The van der Waals surface area contributed by atoms with Crippen LogP contribution in [0.25, 0.3) is 0 Å². The number of nitro groups is 1. The van der Waals surface area contributed by atoms with E-state index in [1.807, 2.05) is 0 Å². The maximum atomic E-state index is 10.5. The predicted octanol–water partition coefficient (Wildman–Crippen LogP) is 2.03. The lowest BCUT2D eigenvalue weighted by atomic mass is 10.1. The number of hydrogen-bond donors (Lipinski definition) is 2. The van der Waals surface area contributed by atoms with Crippen molar-refractivity contribution in [1.82, 2.24) is 4.98 Å². The Morgan fingerprint density at radius 3 is 2.81 bits per heavy atom.